The molecule has 0 bridgehead atoms. The summed E-state index contributed by atoms with van der Waals surface area (Å²) in [6, 6.07) is 9.38. The van der Waals surface area contributed by atoms with Gasteiger partial charge in [-0.3, -0.25) is 14.6 Å². The van der Waals surface area contributed by atoms with Gasteiger partial charge in [-0.15, -0.1) is 0 Å². The minimum absolute atomic E-state index is 0.218. The summed E-state index contributed by atoms with van der Waals surface area (Å²) < 4.78 is 1.46. The van der Waals surface area contributed by atoms with E-state index >= 15 is 0 Å². The minimum atomic E-state index is -0.232. The van der Waals surface area contributed by atoms with Crippen LogP contribution in [-0.2, 0) is 19.9 Å². The van der Waals surface area contributed by atoms with E-state index in [2.05, 4.69) is 5.32 Å². The third-order valence-corrected chi connectivity index (χ3v) is 5.02. The van der Waals surface area contributed by atoms with Crippen molar-refractivity contribution in [1.82, 2.24) is 9.55 Å². The highest BCUT2D eigenvalue weighted by Gasteiger charge is 2.23. The molecule has 132 valence electrons. The van der Waals surface area contributed by atoms with Gasteiger partial charge in [0.05, 0.1) is 11.1 Å². The molecular weight excluding hydrogens is 326 g/mol. The first-order valence-electron chi connectivity index (χ1n) is 8.93. The summed E-state index contributed by atoms with van der Waals surface area (Å²) in [5.74, 6) is -0.232. The second kappa shape index (κ2) is 6.41. The van der Waals surface area contributed by atoms with E-state index in [0.29, 0.717) is 11.3 Å². The second-order valence-corrected chi connectivity index (χ2v) is 6.93. The molecule has 1 aliphatic rings. The molecule has 1 amide bonds. The minimum Gasteiger partial charge on any atom is -0.317 e. The topological polar surface area (TPSA) is 64.0 Å². The van der Waals surface area contributed by atoms with E-state index in [9.17, 15) is 9.59 Å². The number of carbonyl (C=O) groups is 1. The fourth-order valence-electron chi connectivity index (χ4n) is 3.67. The zero-order valence-corrected chi connectivity index (χ0v) is 15.0. The van der Waals surface area contributed by atoms with Crippen molar-refractivity contribution in [2.45, 2.75) is 32.6 Å². The van der Waals surface area contributed by atoms with Gasteiger partial charge in [0, 0.05) is 24.3 Å². The zero-order valence-electron chi connectivity index (χ0n) is 15.0. The number of pyridine rings is 2. The van der Waals surface area contributed by atoms with Crippen LogP contribution in [0.4, 0.5) is 5.69 Å². The van der Waals surface area contributed by atoms with Gasteiger partial charge in [-0.05, 0) is 62.4 Å². The van der Waals surface area contributed by atoms with Crippen molar-refractivity contribution in [2.24, 2.45) is 7.05 Å². The first kappa shape index (κ1) is 16.5. The van der Waals surface area contributed by atoms with Crippen LogP contribution in [0.3, 0.4) is 0 Å². The quantitative estimate of drug-likeness (QED) is 0.773. The van der Waals surface area contributed by atoms with Crippen LogP contribution >= 0.6 is 0 Å². The summed E-state index contributed by atoms with van der Waals surface area (Å²) in [5.41, 5.74) is 4.70. The summed E-state index contributed by atoms with van der Waals surface area (Å²) >= 11 is 0. The Morgan fingerprint density at radius 2 is 2.00 bits per heavy atom. The first-order chi connectivity index (χ1) is 12.5. The lowest BCUT2D eigenvalue weighted by atomic mass is 9.89. The van der Waals surface area contributed by atoms with E-state index < -0.39 is 0 Å². The molecule has 3 aromatic rings. The fourth-order valence-corrected chi connectivity index (χ4v) is 3.67. The molecule has 0 radical (unpaired) electrons. The van der Waals surface area contributed by atoms with E-state index in [1.54, 1.807) is 25.4 Å². The largest absolute Gasteiger partial charge is 0.317 e. The van der Waals surface area contributed by atoms with Gasteiger partial charge >= 0.3 is 0 Å². The van der Waals surface area contributed by atoms with E-state index in [4.69, 9.17) is 4.98 Å². The zero-order chi connectivity index (χ0) is 18.3. The van der Waals surface area contributed by atoms with Crippen LogP contribution in [0.5, 0.6) is 0 Å². The van der Waals surface area contributed by atoms with Crippen LogP contribution in [0.2, 0.25) is 0 Å². The van der Waals surface area contributed by atoms with Gasteiger partial charge in [0.1, 0.15) is 5.69 Å². The molecule has 2 heterocycles. The molecule has 0 saturated carbocycles. The molecule has 0 aliphatic heterocycles. The predicted molar refractivity (Wildman–Crippen MR) is 103 cm³/mol. The SMILES string of the molecule is Cc1ccc2nc3c(c(C(=O)Nc4cccn(C)c4=O)c2c1)CCCC3. The molecule has 5 nitrogen and oxygen atoms in total. The molecule has 1 aliphatic carbocycles. The number of hydrogen-bond donors (Lipinski definition) is 1. The third kappa shape index (κ3) is 2.79. The molecule has 0 atom stereocenters. The lowest BCUT2D eigenvalue weighted by molar-refractivity contribution is 0.102. The molecule has 0 saturated heterocycles. The lowest BCUT2D eigenvalue weighted by Gasteiger charge is -2.20. The maximum absolute atomic E-state index is 13.2. The van der Waals surface area contributed by atoms with Crippen molar-refractivity contribution in [1.29, 1.82) is 0 Å². The van der Waals surface area contributed by atoms with Gasteiger partial charge in [-0.25, -0.2) is 0 Å². The molecule has 1 aromatic carbocycles. The average molecular weight is 347 g/mol. The molecular formula is C21H21N3O2. The number of nitrogens with zero attached hydrogens (tertiary/aromatic N) is 2. The summed E-state index contributed by atoms with van der Waals surface area (Å²) in [6.07, 6.45) is 5.57. The van der Waals surface area contributed by atoms with Crippen molar-refractivity contribution in [3.8, 4) is 0 Å². The number of rotatable bonds is 2. The van der Waals surface area contributed by atoms with E-state index in [1.165, 1.54) is 4.57 Å². The Balaban J connectivity index is 1.88. The van der Waals surface area contributed by atoms with Crippen LogP contribution in [0.1, 0.15) is 40.0 Å². The van der Waals surface area contributed by atoms with Crippen LogP contribution in [0.25, 0.3) is 10.9 Å². The number of aryl methyl sites for hydroxylation is 3. The summed E-state index contributed by atoms with van der Waals surface area (Å²) in [5, 5.41) is 3.69. The molecule has 5 heteroatoms. The number of nitrogens with one attached hydrogen (secondary N) is 1. The van der Waals surface area contributed by atoms with Crippen molar-refractivity contribution >= 4 is 22.5 Å². The van der Waals surface area contributed by atoms with Gasteiger partial charge < -0.3 is 9.88 Å². The molecule has 0 fully saturated rings. The van der Waals surface area contributed by atoms with E-state index in [-0.39, 0.29) is 11.5 Å². The van der Waals surface area contributed by atoms with Crippen molar-refractivity contribution < 1.29 is 4.79 Å². The standard InChI is InChI=1S/C21H21N3O2/c1-13-9-10-17-15(12-13)19(14-6-3-4-7-16(14)22-17)20(25)23-18-8-5-11-24(2)21(18)26/h5,8-12H,3-4,6-7H2,1-2H3,(H,23,25). The number of carbonyl (C=O) groups excluding carboxylic acids is 1. The number of aromatic nitrogens is 2. The number of anilines is 1. The van der Waals surface area contributed by atoms with Gasteiger partial charge in [0.25, 0.3) is 11.5 Å². The van der Waals surface area contributed by atoms with Crippen LogP contribution in [-0.4, -0.2) is 15.5 Å². The normalized spacial score (nSPS) is 13.5. The van der Waals surface area contributed by atoms with Crippen LogP contribution < -0.4 is 10.9 Å². The van der Waals surface area contributed by atoms with Gasteiger partial charge in [0.2, 0.25) is 0 Å². The molecule has 0 unspecified atom stereocenters. The Morgan fingerprint density at radius 3 is 2.85 bits per heavy atom. The molecule has 4 rings (SSSR count). The van der Waals surface area contributed by atoms with E-state index in [1.807, 2.05) is 25.1 Å². The first-order valence-corrected chi connectivity index (χ1v) is 8.93. The van der Waals surface area contributed by atoms with Crippen molar-refractivity contribution in [3.05, 3.63) is 69.3 Å². The smallest absolute Gasteiger partial charge is 0.274 e. The molecule has 0 spiro atoms. The number of benzene rings is 1. The number of amides is 1. The van der Waals surface area contributed by atoms with Gasteiger partial charge in [-0.2, -0.15) is 0 Å². The maximum atomic E-state index is 13.2. The Hall–Kier alpha value is -2.95. The number of fused-ring (bicyclic) bond motifs is 2. The lowest BCUT2D eigenvalue weighted by Crippen LogP contribution is -2.25. The monoisotopic (exact) mass is 347 g/mol. The van der Waals surface area contributed by atoms with E-state index in [0.717, 1.165) is 53.4 Å². The van der Waals surface area contributed by atoms with Crippen LogP contribution in [0.15, 0.2) is 41.3 Å². The highest BCUT2D eigenvalue weighted by Crippen LogP contribution is 2.30. The third-order valence-electron chi connectivity index (χ3n) is 5.02. The fraction of sp³-hybridized carbons (Fsp3) is 0.286. The Morgan fingerprint density at radius 1 is 1.19 bits per heavy atom. The van der Waals surface area contributed by atoms with Gasteiger partial charge in [-0.1, -0.05) is 11.6 Å². The summed E-state index contributed by atoms with van der Waals surface area (Å²) in [6.45, 7) is 2.01. The highest BCUT2D eigenvalue weighted by molar-refractivity contribution is 6.13. The Bertz CT molecular complexity index is 1080. The summed E-state index contributed by atoms with van der Waals surface area (Å²) in [7, 11) is 1.67. The Kier molecular flexibility index (Phi) is 4.07. The molecule has 1 N–H and O–H groups in total. The molecule has 26 heavy (non-hydrogen) atoms. The average Bonchev–Trinajstić information content (AvgIpc) is 2.63. The van der Waals surface area contributed by atoms with Crippen molar-refractivity contribution in [2.75, 3.05) is 5.32 Å². The predicted octanol–water partition coefficient (Wildman–Crippen LogP) is 3.37. The van der Waals surface area contributed by atoms with Gasteiger partial charge in [0.15, 0.2) is 0 Å². The maximum Gasteiger partial charge on any atom is 0.274 e. The highest BCUT2D eigenvalue weighted by atomic mass is 16.2. The number of hydrogen-bond acceptors (Lipinski definition) is 3. The molecule has 2 aromatic heterocycles. The summed E-state index contributed by atoms with van der Waals surface area (Å²) in [4.78, 5) is 30.3. The Labute approximate surface area is 151 Å². The van der Waals surface area contributed by atoms with Crippen LogP contribution in [0, 0.1) is 6.92 Å². The van der Waals surface area contributed by atoms with Crippen molar-refractivity contribution in [3.63, 3.8) is 0 Å². The second-order valence-electron chi connectivity index (χ2n) is 6.93.